The third-order valence-corrected chi connectivity index (χ3v) is 4.25. The normalized spacial score (nSPS) is 11.2. The zero-order chi connectivity index (χ0) is 19.2. The second-order valence-electron chi connectivity index (χ2n) is 6.22. The number of hydrogen-bond donors (Lipinski definition) is 2. The summed E-state index contributed by atoms with van der Waals surface area (Å²) in [7, 11) is 0. The van der Waals surface area contributed by atoms with Crippen molar-refractivity contribution in [3.63, 3.8) is 0 Å². The summed E-state index contributed by atoms with van der Waals surface area (Å²) < 4.78 is 5.79. The number of anilines is 1. The highest BCUT2D eigenvalue weighted by molar-refractivity contribution is 5.82. The van der Waals surface area contributed by atoms with Crippen LogP contribution in [0, 0.1) is 11.3 Å². The molecule has 0 saturated carbocycles. The van der Waals surface area contributed by atoms with Gasteiger partial charge in [0.25, 0.3) is 0 Å². The van der Waals surface area contributed by atoms with E-state index in [2.05, 4.69) is 21.4 Å². The fourth-order valence-electron chi connectivity index (χ4n) is 2.78. The molecule has 0 bridgehead atoms. The number of allylic oxidation sites excluding steroid dienone is 1. The highest BCUT2D eigenvalue weighted by Gasteiger charge is 2.07. The molecule has 0 aliphatic heterocycles. The van der Waals surface area contributed by atoms with Crippen LogP contribution in [0.2, 0.25) is 0 Å². The van der Waals surface area contributed by atoms with E-state index in [1.165, 1.54) is 0 Å². The quantitative estimate of drug-likeness (QED) is 0.465. The average Bonchev–Trinajstić information content (AvgIpc) is 3.18. The summed E-state index contributed by atoms with van der Waals surface area (Å²) in [4.78, 5) is 7.62. The van der Waals surface area contributed by atoms with Crippen molar-refractivity contribution in [3.8, 4) is 11.8 Å². The SMILES string of the molecule is N#C/C(=C\Nc1ccc(OCc2ccccc2)cc1)c1nc2ccccc2[nH]1. The number of aromatic nitrogens is 2. The first-order chi connectivity index (χ1) is 13.8. The Kier molecular flexibility index (Phi) is 5.03. The van der Waals surface area contributed by atoms with E-state index in [1.807, 2.05) is 78.9 Å². The molecule has 0 radical (unpaired) electrons. The van der Waals surface area contributed by atoms with Gasteiger partial charge in [-0.15, -0.1) is 0 Å². The zero-order valence-electron chi connectivity index (χ0n) is 15.1. The standard InChI is InChI=1S/C23H18N4O/c24-14-18(23-26-21-8-4-5-9-22(21)27-23)15-25-19-10-12-20(13-11-19)28-16-17-6-2-1-3-7-17/h1-13,15,25H,16H2,(H,26,27)/b18-15+. The second kappa shape index (κ2) is 8.11. The van der Waals surface area contributed by atoms with E-state index in [4.69, 9.17) is 4.74 Å². The van der Waals surface area contributed by atoms with Crippen LogP contribution in [-0.4, -0.2) is 9.97 Å². The Hall–Kier alpha value is -4.04. The highest BCUT2D eigenvalue weighted by atomic mass is 16.5. The minimum atomic E-state index is 0.431. The first-order valence-electron chi connectivity index (χ1n) is 8.90. The fraction of sp³-hybridized carbons (Fsp3) is 0.0435. The van der Waals surface area contributed by atoms with Crippen LogP contribution in [0.25, 0.3) is 16.6 Å². The topological polar surface area (TPSA) is 73.7 Å². The predicted molar refractivity (Wildman–Crippen MR) is 111 cm³/mol. The molecule has 4 aromatic rings. The number of rotatable bonds is 6. The van der Waals surface area contributed by atoms with E-state index >= 15 is 0 Å². The molecule has 4 rings (SSSR count). The number of hydrogen-bond acceptors (Lipinski definition) is 4. The Bertz CT molecular complexity index is 1110. The van der Waals surface area contributed by atoms with Gasteiger partial charge in [0.05, 0.1) is 11.0 Å². The minimum Gasteiger partial charge on any atom is -0.489 e. The number of imidazole rings is 1. The van der Waals surface area contributed by atoms with E-state index < -0.39 is 0 Å². The van der Waals surface area contributed by atoms with Gasteiger partial charge in [0, 0.05) is 11.9 Å². The van der Waals surface area contributed by atoms with Crippen LogP contribution < -0.4 is 10.1 Å². The molecule has 3 aromatic carbocycles. The van der Waals surface area contributed by atoms with Gasteiger partial charge in [-0.1, -0.05) is 42.5 Å². The monoisotopic (exact) mass is 366 g/mol. The van der Waals surface area contributed by atoms with E-state index in [9.17, 15) is 5.26 Å². The molecule has 1 heterocycles. The van der Waals surface area contributed by atoms with Crippen LogP contribution in [0.1, 0.15) is 11.4 Å². The Labute approximate surface area is 162 Å². The molecule has 0 fully saturated rings. The molecule has 28 heavy (non-hydrogen) atoms. The summed E-state index contributed by atoms with van der Waals surface area (Å²) in [5.41, 5.74) is 4.14. The lowest BCUT2D eigenvalue weighted by atomic mass is 10.2. The highest BCUT2D eigenvalue weighted by Crippen LogP contribution is 2.19. The van der Waals surface area contributed by atoms with Crippen molar-refractivity contribution in [1.29, 1.82) is 5.26 Å². The number of nitrogens with one attached hydrogen (secondary N) is 2. The molecule has 0 atom stereocenters. The van der Waals surface area contributed by atoms with E-state index in [0.717, 1.165) is 28.0 Å². The van der Waals surface area contributed by atoms with Crippen molar-refractivity contribution in [2.45, 2.75) is 6.61 Å². The molecule has 5 nitrogen and oxygen atoms in total. The Morgan fingerprint density at radius 1 is 1.00 bits per heavy atom. The molecule has 0 unspecified atom stereocenters. The number of aromatic amines is 1. The molecular weight excluding hydrogens is 348 g/mol. The summed E-state index contributed by atoms with van der Waals surface area (Å²) >= 11 is 0. The molecule has 0 amide bonds. The van der Waals surface area contributed by atoms with Crippen molar-refractivity contribution in [3.05, 3.63) is 96.5 Å². The predicted octanol–water partition coefficient (Wildman–Crippen LogP) is 5.12. The van der Waals surface area contributed by atoms with Gasteiger partial charge < -0.3 is 15.0 Å². The van der Waals surface area contributed by atoms with Crippen molar-refractivity contribution in [2.75, 3.05) is 5.32 Å². The summed E-state index contributed by atoms with van der Waals surface area (Å²) in [6, 6.07) is 27.5. The number of para-hydroxylation sites is 2. The Morgan fingerprint density at radius 2 is 1.75 bits per heavy atom. The molecule has 0 spiro atoms. The van der Waals surface area contributed by atoms with Gasteiger partial charge in [-0.25, -0.2) is 4.98 Å². The molecule has 2 N–H and O–H groups in total. The number of benzene rings is 3. The minimum absolute atomic E-state index is 0.431. The maximum atomic E-state index is 9.47. The van der Waals surface area contributed by atoms with Crippen LogP contribution in [-0.2, 0) is 6.61 Å². The maximum Gasteiger partial charge on any atom is 0.150 e. The molecule has 0 aliphatic rings. The smallest absolute Gasteiger partial charge is 0.150 e. The molecule has 1 aromatic heterocycles. The van der Waals surface area contributed by atoms with E-state index in [-0.39, 0.29) is 0 Å². The van der Waals surface area contributed by atoms with Crippen LogP contribution in [0.15, 0.2) is 85.1 Å². The number of fused-ring (bicyclic) bond motifs is 1. The average molecular weight is 366 g/mol. The van der Waals surface area contributed by atoms with Crippen molar-refractivity contribution in [2.24, 2.45) is 0 Å². The number of ether oxygens (including phenoxy) is 1. The number of nitrogens with zero attached hydrogens (tertiary/aromatic N) is 2. The Balaban J connectivity index is 1.42. The van der Waals surface area contributed by atoms with Gasteiger partial charge in [-0.05, 0) is 42.0 Å². The summed E-state index contributed by atoms with van der Waals surface area (Å²) in [6.07, 6.45) is 1.65. The number of H-pyrrole nitrogens is 1. The summed E-state index contributed by atoms with van der Waals surface area (Å²) in [5, 5.41) is 12.6. The molecular formula is C23H18N4O. The third kappa shape index (κ3) is 4.02. The third-order valence-electron chi connectivity index (χ3n) is 4.25. The van der Waals surface area contributed by atoms with E-state index in [0.29, 0.717) is 18.0 Å². The zero-order valence-corrected chi connectivity index (χ0v) is 15.1. The van der Waals surface area contributed by atoms with Crippen LogP contribution >= 0.6 is 0 Å². The molecule has 0 saturated heterocycles. The lowest BCUT2D eigenvalue weighted by molar-refractivity contribution is 0.306. The fourth-order valence-corrected chi connectivity index (χ4v) is 2.78. The van der Waals surface area contributed by atoms with Gasteiger partial charge in [-0.3, -0.25) is 0 Å². The first kappa shape index (κ1) is 17.4. The van der Waals surface area contributed by atoms with Crippen LogP contribution in [0.4, 0.5) is 5.69 Å². The van der Waals surface area contributed by atoms with Gasteiger partial charge in [0.1, 0.15) is 24.0 Å². The lowest BCUT2D eigenvalue weighted by Gasteiger charge is -2.07. The van der Waals surface area contributed by atoms with Gasteiger partial charge in [0.15, 0.2) is 5.82 Å². The lowest BCUT2D eigenvalue weighted by Crippen LogP contribution is -1.96. The molecule has 0 aliphatic carbocycles. The van der Waals surface area contributed by atoms with Crippen molar-refractivity contribution < 1.29 is 4.74 Å². The van der Waals surface area contributed by atoms with Gasteiger partial charge in [0.2, 0.25) is 0 Å². The van der Waals surface area contributed by atoms with Gasteiger partial charge in [-0.2, -0.15) is 5.26 Å². The van der Waals surface area contributed by atoms with Crippen LogP contribution in [0.3, 0.4) is 0 Å². The van der Waals surface area contributed by atoms with E-state index in [1.54, 1.807) is 6.20 Å². The largest absolute Gasteiger partial charge is 0.489 e. The molecule has 5 heteroatoms. The summed E-state index contributed by atoms with van der Waals surface area (Å²) in [5.74, 6) is 1.33. The summed E-state index contributed by atoms with van der Waals surface area (Å²) in [6.45, 7) is 0.526. The first-order valence-corrected chi connectivity index (χ1v) is 8.90. The Morgan fingerprint density at radius 3 is 2.50 bits per heavy atom. The van der Waals surface area contributed by atoms with Crippen molar-refractivity contribution in [1.82, 2.24) is 9.97 Å². The second-order valence-corrected chi connectivity index (χ2v) is 6.22. The van der Waals surface area contributed by atoms with Gasteiger partial charge >= 0.3 is 0 Å². The van der Waals surface area contributed by atoms with Crippen molar-refractivity contribution >= 4 is 22.3 Å². The maximum absolute atomic E-state index is 9.47. The van der Waals surface area contributed by atoms with Crippen LogP contribution in [0.5, 0.6) is 5.75 Å². The molecule has 136 valence electrons. The number of nitriles is 1.